The number of carbonyl (C=O) groups excluding carboxylic acids is 1. The highest BCUT2D eigenvalue weighted by Gasteiger charge is 2.42. The summed E-state index contributed by atoms with van der Waals surface area (Å²) >= 11 is 0. The fourth-order valence-corrected chi connectivity index (χ4v) is 3.33. The third-order valence-corrected chi connectivity index (χ3v) is 4.04. The molecule has 5 heteroatoms. The predicted octanol–water partition coefficient (Wildman–Crippen LogP) is 1.00. The summed E-state index contributed by atoms with van der Waals surface area (Å²) in [5.41, 5.74) is 0. The molecule has 2 N–H and O–H groups in total. The molecule has 3 atom stereocenters. The number of fused-ring (bicyclic) bond motifs is 2. The minimum absolute atomic E-state index is 0.0392. The SMILES string of the molecule is CC(CC(=O)O)CC(=O)N1C2CCC1CC(O)C2. The summed E-state index contributed by atoms with van der Waals surface area (Å²) in [7, 11) is 0. The minimum Gasteiger partial charge on any atom is -0.481 e. The van der Waals surface area contributed by atoms with Crippen LogP contribution in [0.2, 0.25) is 0 Å². The Bertz CT molecular complexity index is 330. The Hall–Kier alpha value is -1.10. The first kappa shape index (κ1) is 13.3. The first-order chi connectivity index (χ1) is 8.47. The van der Waals surface area contributed by atoms with Crippen LogP contribution in [0.3, 0.4) is 0 Å². The van der Waals surface area contributed by atoms with Crippen LogP contribution in [0.15, 0.2) is 0 Å². The lowest BCUT2D eigenvalue weighted by Gasteiger charge is -2.37. The molecule has 0 radical (unpaired) electrons. The van der Waals surface area contributed by atoms with Gasteiger partial charge in [-0.25, -0.2) is 0 Å². The molecule has 102 valence electrons. The molecule has 0 saturated carbocycles. The van der Waals surface area contributed by atoms with E-state index in [4.69, 9.17) is 5.11 Å². The third kappa shape index (κ3) is 2.83. The predicted molar refractivity (Wildman–Crippen MR) is 64.9 cm³/mol. The van der Waals surface area contributed by atoms with Crippen LogP contribution in [0.5, 0.6) is 0 Å². The summed E-state index contributed by atoms with van der Waals surface area (Å²) in [6.07, 6.45) is 3.36. The van der Waals surface area contributed by atoms with Gasteiger partial charge in [-0.05, 0) is 31.6 Å². The molecule has 2 aliphatic heterocycles. The molecule has 3 unspecified atom stereocenters. The Labute approximate surface area is 107 Å². The number of amides is 1. The molecule has 0 aromatic rings. The van der Waals surface area contributed by atoms with Gasteiger partial charge in [0.15, 0.2) is 0 Å². The zero-order valence-electron chi connectivity index (χ0n) is 10.7. The van der Waals surface area contributed by atoms with E-state index in [2.05, 4.69) is 0 Å². The minimum atomic E-state index is -0.854. The summed E-state index contributed by atoms with van der Waals surface area (Å²) in [5, 5.41) is 18.4. The van der Waals surface area contributed by atoms with Crippen LogP contribution in [-0.4, -0.2) is 45.2 Å². The van der Waals surface area contributed by atoms with Gasteiger partial charge in [-0.1, -0.05) is 6.92 Å². The van der Waals surface area contributed by atoms with Crippen molar-refractivity contribution in [3.63, 3.8) is 0 Å². The van der Waals surface area contributed by atoms with E-state index in [0.29, 0.717) is 19.3 Å². The van der Waals surface area contributed by atoms with E-state index in [-0.39, 0.29) is 36.4 Å². The number of rotatable bonds is 4. The van der Waals surface area contributed by atoms with Gasteiger partial charge in [0.25, 0.3) is 0 Å². The standard InChI is InChI=1S/C13H21NO4/c1-8(5-13(17)18)4-12(16)14-9-2-3-10(14)7-11(15)6-9/h8-11,15H,2-7H2,1H3,(H,17,18). The second kappa shape index (κ2) is 5.26. The van der Waals surface area contributed by atoms with Crippen LogP contribution in [0, 0.1) is 5.92 Å². The molecule has 2 aliphatic rings. The number of nitrogens with zero attached hydrogens (tertiary/aromatic N) is 1. The molecule has 0 aliphatic carbocycles. The number of aliphatic carboxylic acids is 1. The summed E-state index contributed by atoms with van der Waals surface area (Å²) in [5.74, 6) is -0.920. The van der Waals surface area contributed by atoms with Crippen molar-refractivity contribution in [3.8, 4) is 0 Å². The highest BCUT2D eigenvalue weighted by atomic mass is 16.4. The average molecular weight is 255 g/mol. The Morgan fingerprint density at radius 3 is 2.28 bits per heavy atom. The number of carboxylic acid groups (broad SMARTS) is 1. The number of carboxylic acids is 1. The van der Waals surface area contributed by atoms with Gasteiger partial charge in [-0.2, -0.15) is 0 Å². The largest absolute Gasteiger partial charge is 0.481 e. The van der Waals surface area contributed by atoms with Gasteiger partial charge in [0.05, 0.1) is 6.10 Å². The maximum absolute atomic E-state index is 12.2. The third-order valence-electron chi connectivity index (χ3n) is 4.04. The van der Waals surface area contributed by atoms with Gasteiger partial charge >= 0.3 is 5.97 Å². The molecule has 2 rings (SSSR count). The quantitative estimate of drug-likeness (QED) is 0.785. The van der Waals surface area contributed by atoms with E-state index in [0.717, 1.165) is 12.8 Å². The van der Waals surface area contributed by atoms with Crippen molar-refractivity contribution in [1.29, 1.82) is 0 Å². The van der Waals surface area contributed by atoms with Crippen LogP contribution in [0.25, 0.3) is 0 Å². The van der Waals surface area contributed by atoms with Crippen LogP contribution in [-0.2, 0) is 9.59 Å². The van der Waals surface area contributed by atoms with E-state index < -0.39 is 5.97 Å². The van der Waals surface area contributed by atoms with Crippen molar-refractivity contribution >= 4 is 11.9 Å². The van der Waals surface area contributed by atoms with Crippen LogP contribution in [0.4, 0.5) is 0 Å². The Kier molecular flexibility index (Phi) is 3.90. The topological polar surface area (TPSA) is 77.8 Å². The van der Waals surface area contributed by atoms with Crippen molar-refractivity contribution in [2.75, 3.05) is 0 Å². The smallest absolute Gasteiger partial charge is 0.303 e. The normalized spacial score (nSPS) is 32.3. The Morgan fingerprint density at radius 1 is 1.22 bits per heavy atom. The molecule has 2 saturated heterocycles. The fraction of sp³-hybridized carbons (Fsp3) is 0.846. The summed E-state index contributed by atoms with van der Waals surface area (Å²) in [6.45, 7) is 1.80. The fourth-order valence-electron chi connectivity index (χ4n) is 3.33. The lowest BCUT2D eigenvalue weighted by Crippen LogP contribution is -2.48. The first-order valence-corrected chi connectivity index (χ1v) is 6.68. The maximum Gasteiger partial charge on any atom is 0.303 e. The van der Waals surface area contributed by atoms with Gasteiger partial charge in [0, 0.05) is 24.9 Å². The van der Waals surface area contributed by atoms with E-state index in [1.165, 1.54) is 0 Å². The molecule has 18 heavy (non-hydrogen) atoms. The number of hydrogen-bond donors (Lipinski definition) is 2. The first-order valence-electron chi connectivity index (χ1n) is 6.68. The lowest BCUT2D eigenvalue weighted by atomic mass is 9.97. The van der Waals surface area contributed by atoms with Gasteiger partial charge in [-0.3, -0.25) is 9.59 Å². The van der Waals surface area contributed by atoms with Gasteiger partial charge in [0.2, 0.25) is 5.91 Å². The Balaban J connectivity index is 1.92. The van der Waals surface area contributed by atoms with E-state index in [1.807, 2.05) is 4.90 Å². The molecular weight excluding hydrogens is 234 g/mol. The number of aliphatic hydroxyl groups is 1. The van der Waals surface area contributed by atoms with Gasteiger partial charge < -0.3 is 15.1 Å². The summed E-state index contributed by atoms with van der Waals surface area (Å²) in [6, 6.07) is 0.339. The van der Waals surface area contributed by atoms with Crippen molar-refractivity contribution in [2.45, 2.75) is 63.6 Å². The molecule has 5 nitrogen and oxygen atoms in total. The molecule has 2 heterocycles. The zero-order chi connectivity index (χ0) is 13.3. The second-order valence-electron chi connectivity index (χ2n) is 5.72. The monoisotopic (exact) mass is 255 g/mol. The summed E-state index contributed by atoms with van der Waals surface area (Å²) < 4.78 is 0. The summed E-state index contributed by atoms with van der Waals surface area (Å²) in [4.78, 5) is 24.7. The number of carbonyl (C=O) groups is 2. The Morgan fingerprint density at radius 2 is 1.78 bits per heavy atom. The van der Waals surface area contributed by atoms with Crippen molar-refractivity contribution in [2.24, 2.45) is 5.92 Å². The molecular formula is C13H21NO4. The zero-order valence-corrected chi connectivity index (χ0v) is 10.7. The van der Waals surface area contributed by atoms with Gasteiger partial charge in [0.1, 0.15) is 0 Å². The number of hydrogen-bond acceptors (Lipinski definition) is 3. The van der Waals surface area contributed by atoms with Crippen LogP contribution in [0.1, 0.15) is 45.4 Å². The number of aliphatic hydroxyl groups excluding tert-OH is 1. The van der Waals surface area contributed by atoms with Crippen LogP contribution >= 0.6 is 0 Å². The molecule has 0 aromatic carbocycles. The van der Waals surface area contributed by atoms with E-state index in [9.17, 15) is 14.7 Å². The second-order valence-corrected chi connectivity index (χ2v) is 5.72. The molecule has 0 aromatic heterocycles. The average Bonchev–Trinajstić information content (AvgIpc) is 2.50. The highest BCUT2D eigenvalue weighted by Crippen LogP contribution is 2.36. The molecule has 1 amide bonds. The van der Waals surface area contributed by atoms with Gasteiger partial charge in [-0.15, -0.1) is 0 Å². The highest BCUT2D eigenvalue weighted by molar-refractivity contribution is 5.78. The number of piperidine rings is 1. The van der Waals surface area contributed by atoms with Crippen LogP contribution < -0.4 is 0 Å². The maximum atomic E-state index is 12.2. The molecule has 2 fully saturated rings. The lowest BCUT2D eigenvalue weighted by molar-refractivity contribution is -0.140. The molecule has 0 spiro atoms. The van der Waals surface area contributed by atoms with Crippen molar-refractivity contribution < 1.29 is 19.8 Å². The van der Waals surface area contributed by atoms with Crippen molar-refractivity contribution in [3.05, 3.63) is 0 Å². The molecule has 2 bridgehead atoms. The van der Waals surface area contributed by atoms with Crippen molar-refractivity contribution in [1.82, 2.24) is 4.90 Å². The van der Waals surface area contributed by atoms with E-state index in [1.54, 1.807) is 6.92 Å². The van der Waals surface area contributed by atoms with E-state index >= 15 is 0 Å².